The van der Waals surface area contributed by atoms with Crippen LogP contribution in [0.4, 0.5) is 5.69 Å². The zero-order chi connectivity index (χ0) is 21.8. The third-order valence-electron chi connectivity index (χ3n) is 5.79. The lowest BCUT2D eigenvalue weighted by molar-refractivity contribution is -0.119. The van der Waals surface area contributed by atoms with Crippen LogP contribution in [0.15, 0.2) is 79.1 Å². The van der Waals surface area contributed by atoms with E-state index in [1.807, 2.05) is 36.4 Å². The van der Waals surface area contributed by atoms with Crippen LogP contribution >= 0.6 is 0 Å². The highest BCUT2D eigenvalue weighted by Crippen LogP contribution is 2.41. The lowest BCUT2D eigenvalue weighted by Gasteiger charge is -2.14. The highest BCUT2D eigenvalue weighted by molar-refractivity contribution is 6.58. The number of carbonyl (C=O) groups excluding carboxylic acids is 2. The maximum atomic E-state index is 13.8. The molecule has 1 aliphatic rings. The number of imide groups is 1. The fourth-order valence-corrected chi connectivity index (χ4v) is 4.36. The first-order chi connectivity index (χ1) is 15.6. The van der Waals surface area contributed by atoms with Gasteiger partial charge in [0, 0.05) is 41.3 Å². The number of hydrogen-bond donors (Lipinski definition) is 1. The number of aryl methyl sites for hydroxylation is 1. The molecule has 6 rings (SSSR count). The van der Waals surface area contributed by atoms with E-state index in [-0.39, 0.29) is 11.5 Å². The lowest BCUT2D eigenvalue weighted by Crippen LogP contribution is -2.31. The molecule has 3 aromatic heterocycles. The van der Waals surface area contributed by atoms with Gasteiger partial charge in [-0.2, -0.15) is 5.10 Å². The maximum absolute atomic E-state index is 13.8. The van der Waals surface area contributed by atoms with Crippen molar-refractivity contribution in [3.8, 4) is 0 Å². The maximum Gasteiger partial charge on any atom is 0.268 e. The van der Waals surface area contributed by atoms with Crippen molar-refractivity contribution in [3.63, 3.8) is 0 Å². The third kappa shape index (κ3) is 2.48. The fraction of sp³-hybridized carbons (Fsp3) is 0.0400. The smallest absolute Gasteiger partial charge is 0.268 e. The van der Waals surface area contributed by atoms with Gasteiger partial charge in [0.15, 0.2) is 5.65 Å². The monoisotopic (exact) mass is 419 g/mol. The Morgan fingerprint density at radius 1 is 0.812 bits per heavy atom. The number of carbonyl (C=O) groups is 2. The van der Waals surface area contributed by atoms with Crippen molar-refractivity contribution in [2.24, 2.45) is 7.05 Å². The molecule has 0 fully saturated rings. The van der Waals surface area contributed by atoms with Gasteiger partial charge in [-0.3, -0.25) is 9.59 Å². The summed E-state index contributed by atoms with van der Waals surface area (Å²) >= 11 is 0. The van der Waals surface area contributed by atoms with Crippen LogP contribution in [0, 0.1) is 0 Å². The predicted octanol–water partition coefficient (Wildman–Crippen LogP) is 3.93. The van der Waals surface area contributed by atoms with E-state index in [2.05, 4.69) is 15.1 Å². The van der Waals surface area contributed by atoms with Crippen molar-refractivity contribution in [1.29, 1.82) is 0 Å². The van der Waals surface area contributed by atoms with Gasteiger partial charge in [0.05, 0.1) is 16.8 Å². The number of aromatic nitrogens is 4. The number of nitrogens with zero attached hydrogens (tertiary/aromatic N) is 4. The van der Waals surface area contributed by atoms with Crippen molar-refractivity contribution in [2.45, 2.75) is 0 Å². The summed E-state index contributed by atoms with van der Waals surface area (Å²) in [4.78, 5) is 36.4. The molecular formula is C25H17N5O2. The molecule has 2 aromatic carbocycles. The van der Waals surface area contributed by atoms with E-state index < -0.39 is 5.91 Å². The molecule has 0 saturated carbocycles. The van der Waals surface area contributed by atoms with Gasteiger partial charge in [-0.15, -0.1) is 0 Å². The molecule has 0 aliphatic carbocycles. The van der Waals surface area contributed by atoms with Crippen LogP contribution in [-0.2, 0) is 16.6 Å². The number of pyridine rings is 1. The minimum absolute atomic E-state index is 0.280. The lowest BCUT2D eigenvalue weighted by atomic mass is 9.98. The summed E-state index contributed by atoms with van der Waals surface area (Å²) < 4.78 is 1.63. The van der Waals surface area contributed by atoms with Crippen molar-refractivity contribution in [3.05, 3.63) is 90.4 Å². The van der Waals surface area contributed by atoms with Crippen molar-refractivity contribution >= 4 is 50.6 Å². The summed E-state index contributed by atoms with van der Waals surface area (Å²) in [5, 5.41) is 6.20. The molecule has 1 N–H and O–H groups in total. The average Bonchev–Trinajstić information content (AvgIpc) is 3.46. The number of benzene rings is 2. The Morgan fingerprint density at radius 2 is 1.53 bits per heavy atom. The Labute approximate surface area is 182 Å². The minimum Gasteiger partial charge on any atom is -0.361 e. The molecule has 7 heteroatoms. The van der Waals surface area contributed by atoms with Gasteiger partial charge in [0.1, 0.15) is 5.69 Å². The molecule has 4 heterocycles. The summed E-state index contributed by atoms with van der Waals surface area (Å²) in [5.74, 6) is -0.769. The van der Waals surface area contributed by atoms with E-state index in [9.17, 15) is 9.59 Å². The number of para-hydroxylation sites is 2. The van der Waals surface area contributed by atoms with Gasteiger partial charge in [-0.1, -0.05) is 36.4 Å². The number of amides is 2. The molecule has 5 aromatic rings. The number of aromatic amines is 1. The Hall–Kier alpha value is -4.52. The van der Waals surface area contributed by atoms with Crippen molar-refractivity contribution in [2.75, 3.05) is 4.90 Å². The molecule has 0 spiro atoms. The zero-order valence-electron chi connectivity index (χ0n) is 17.1. The normalized spacial score (nSPS) is 14.3. The molecule has 32 heavy (non-hydrogen) atoms. The van der Waals surface area contributed by atoms with Crippen LogP contribution in [0.5, 0.6) is 0 Å². The molecule has 0 saturated heterocycles. The Morgan fingerprint density at radius 3 is 2.38 bits per heavy atom. The van der Waals surface area contributed by atoms with Gasteiger partial charge in [-0.05, 0) is 30.3 Å². The quantitative estimate of drug-likeness (QED) is 0.449. The fourth-order valence-electron chi connectivity index (χ4n) is 4.36. The number of nitrogens with one attached hydrogen (secondary N) is 1. The highest BCUT2D eigenvalue weighted by atomic mass is 16.2. The second-order valence-corrected chi connectivity index (χ2v) is 7.63. The Balaban J connectivity index is 1.68. The molecule has 154 valence electrons. The third-order valence-corrected chi connectivity index (χ3v) is 5.79. The molecular weight excluding hydrogens is 402 g/mol. The van der Waals surface area contributed by atoms with E-state index in [1.54, 1.807) is 54.5 Å². The molecule has 0 radical (unpaired) electrons. The van der Waals surface area contributed by atoms with Gasteiger partial charge in [-0.25, -0.2) is 14.6 Å². The van der Waals surface area contributed by atoms with E-state index in [0.717, 1.165) is 16.3 Å². The highest BCUT2D eigenvalue weighted by Gasteiger charge is 2.43. The first-order valence-corrected chi connectivity index (χ1v) is 10.2. The number of anilines is 1. The van der Waals surface area contributed by atoms with E-state index in [1.165, 1.54) is 4.90 Å². The zero-order valence-corrected chi connectivity index (χ0v) is 17.1. The first kappa shape index (κ1) is 18.3. The van der Waals surface area contributed by atoms with Gasteiger partial charge < -0.3 is 4.98 Å². The van der Waals surface area contributed by atoms with Gasteiger partial charge in [0.2, 0.25) is 0 Å². The van der Waals surface area contributed by atoms with E-state index >= 15 is 0 Å². The van der Waals surface area contributed by atoms with Crippen molar-refractivity contribution in [1.82, 2.24) is 19.7 Å². The molecule has 7 nitrogen and oxygen atoms in total. The summed E-state index contributed by atoms with van der Waals surface area (Å²) in [7, 11) is 1.78. The molecule has 1 aliphatic heterocycles. The van der Waals surface area contributed by atoms with Gasteiger partial charge >= 0.3 is 0 Å². The second-order valence-electron chi connectivity index (χ2n) is 7.63. The molecule has 0 bridgehead atoms. The van der Waals surface area contributed by atoms with Crippen LogP contribution in [0.2, 0.25) is 0 Å². The number of fused-ring (bicyclic) bond motifs is 2. The standard InChI is InChI=1S/C25H17N5O2/c1-29-23-17(11-7-13-26-23)22(28-29)21-20(18-14-27-19-12-6-5-10-16(18)19)24(31)30(25(21)32)15-8-3-2-4-9-15/h2-14,27H,1H3. The molecule has 0 atom stereocenters. The topological polar surface area (TPSA) is 83.9 Å². The van der Waals surface area contributed by atoms with Crippen LogP contribution in [0.3, 0.4) is 0 Å². The summed E-state index contributed by atoms with van der Waals surface area (Å²) in [6.45, 7) is 0. The molecule has 0 unspecified atom stereocenters. The second kappa shape index (κ2) is 6.75. The predicted molar refractivity (Wildman–Crippen MR) is 123 cm³/mol. The van der Waals surface area contributed by atoms with Crippen LogP contribution in [0.25, 0.3) is 33.1 Å². The first-order valence-electron chi connectivity index (χ1n) is 10.2. The summed E-state index contributed by atoms with van der Waals surface area (Å²) in [6, 6.07) is 20.3. The summed E-state index contributed by atoms with van der Waals surface area (Å²) in [5.41, 5.74) is 3.80. The Bertz CT molecular complexity index is 1580. The SMILES string of the molecule is Cn1nc(C2=C(c3c[nH]c4ccccc34)C(=O)N(c3ccccc3)C2=O)c2cccnc21. The van der Waals surface area contributed by atoms with Crippen LogP contribution < -0.4 is 4.90 Å². The van der Waals surface area contributed by atoms with Crippen LogP contribution in [-0.4, -0.2) is 31.6 Å². The summed E-state index contributed by atoms with van der Waals surface area (Å²) in [6.07, 6.45) is 3.46. The number of rotatable bonds is 3. The Kier molecular flexibility index (Phi) is 3.85. The number of hydrogen-bond acceptors (Lipinski definition) is 4. The largest absolute Gasteiger partial charge is 0.361 e. The minimum atomic E-state index is -0.398. The average molecular weight is 419 g/mol. The van der Waals surface area contributed by atoms with E-state index in [0.29, 0.717) is 28.2 Å². The van der Waals surface area contributed by atoms with E-state index in [4.69, 9.17) is 0 Å². The van der Waals surface area contributed by atoms with Crippen LogP contribution in [0.1, 0.15) is 11.3 Å². The molecule has 2 amide bonds. The number of H-pyrrole nitrogens is 1. The van der Waals surface area contributed by atoms with Gasteiger partial charge in [0.25, 0.3) is 11.8 Å². The van der Waals surface area contributed by atoms with Crippen molar-refractivity contribution < 1.29 is 9.59 Å².